The number of halogens is 1. The van der Waals surface area contributed by atoms with Gasteiger partial charge in [0.2, 0.25) is 5.91 Å². The van der Waals surface area contributed by atoms with E-state index in [-0.39, 0.29) is 11.4 Å². The summed E-state index contributed by atoms with van der Waals surface area (Å²) in [5.41, 5.74) is 1.36. The summed E-state index contributed by atoms with van der Waals surface area (Å²) < 4.78 is 18.9. The number of rotatable bonds is 6. The molecular formula is C25H19FN2O6. The van der Waals surface area contributed by atoms with Crippen LogP contribution in [0.1, 0.15) is 11.6 Å². The third kappa shape index (κ3) is 3.65. The third-order valence-corrected chi connectivity index (χ3v) is 5.80. The number of anilines is 2. The molecule has 2 amide bonds. The fraction of sp³-hybridized carbons (Fsp3) is 0.160. The summed E-state index contributed by atoms with van der Waals surface area (Å²) in [5, 5.41) is 10.6. The molecule has 5 rings (SSSR count). The highest BCUT2D eigenvalue weighted by molar-refractivity contribution is 6.23. The molecule has 3 atom stereocenters. The fourth-order valence-corrected chi connectivity index (χ4v) is 4.37. The number of carbonyl (C=O) groups excluding carboxylic acids is 2. The minimum Gasteiger partial charge on any atom is -0.482 e. The van der Waals surface area contributed by atoms with E-state index in [4.69, 9.17) is 14.7 Å². The Hall–Kier alpha value is -4.24. The third-order valence-electron chi connectivity index (χ3n) is 5.80. The lowest BCUT2D eigenvalue weighted by atomic mass is 9.90. The lowest BCUT2D eigenvalue weighted by molar-refractivity contribution is -0.139. The quantitative estimate of drug-likeness (QED) is 0.562. The number of amides is 2. The zero-order valence-electron chi connectivity index (χ0n) is 17.7. The normalized spacial score (nSPS) is 21.6. The minimum absolute atomic E-state index is 0.245. The molecule has 0 unspecified atom stereocenters. The smallest absolute Gasteiger partial charge is 0.341 e. The van der Waals surface area contributed by atoms with Gasteiger partial charge >= 0.3 is 5.97 Å². The first-order valence-corrected chi connectivity index (χ1v) is 10.5. The number of para-hydroxylation sites is 2. The Morgan fingerprint density at radius 1 is 0.912 bits per heavy atom. The fourth-order valence-electron chi connectivity index (χ4n) is 4.37. The molecule has 3 aromatic carbocycles. The number of benzene rings is 3. The van der Waals surface area contributed by atoms with Crippen LogP contribution >= 0.6 is 0 Å². The first-order valence-electron chi connectivity index (χ1n) is 10.5. The molecule has 0 aliphatic carbocycles. The predicted molar refractivity (Wildman–Crippen MR) is 118 cm³/mol. The molecule has 2 heterocycles. The van der Waals surface area contributed by atoms with Gasteiger partial charge in [0.1, 0.15) is 17.5 Å². The Labute approximate surface area is 193 Å². The van der Waals surface area contributed by atoms with Gasteiger partial charge in [-0.1, -0.05) is 36.4 Å². The molecule has 1 N–H and O–H groups in total. The van der Waals surface area contributed by atoms with Crippen LogP contribution in [0, 0.1) is 11.7 Å². The Morgan fingerprint density at radius 3 is 2.29 bits per heavy atom. The van der Waals surface area contributed by atoms with Crippen LogP contribution in [0.2, 0.25) is 0 Å². The van der Waals surface area contributed by atoms with Crippen molar-refractivity contribution in [2.24, 2.45) is 5.92 Å². The number of carboxylic acid groups (broad SMARTS) is 1. The number of carboxylic acids is 1. The standard InChI is InChI=1S/C25H19FN2O6/c26-15-10-12-16(13-11-15)27-24(31)21-22(18-8-4-5-9-19(18)33-14-20(29)30)28(34-23(21)25(27)32)17-6-2-1-3-7-17/h1-13,21-23H,14H2,(H,29,30)/t21-,22+,23-/m1/s1. The zero-order chi connectivity index (χ0) is 23.8. The maximum Gasteiger partial charge on any atom is 0.341 e. The second kappa shape index (κ2) is 8.60. The van der Waals surface area contributed by atoms with Crippen molar-refractivity contribution in [1.82, 2.24) is 0 Å². The lowest BCUT2D eigenvalue weighted by Crippen LogP contribution is -2.37. The SMILES string of the molecule is O=C(O)COc1ccccc1[C@H]1[C@H]2C(=O)N(c3ccc(F)cc3)C(=O)[C@@H]2ON1c1ccccc1. The number of ether oxygens (including phenoxy) is 1. The van der Waals surface area contributed by atoms with Crippen molar-refractivity contribution in [1.29, 1.82) is 0 Å². The lowest BCUT2D eigenvalue weighted by Gasteiger charge is -2.29. The van der Waals surface area contributed by atoms with Crippen LogP contribution in [0.15, 0.2) is 78.9 Å². The first-order chi connectivity index (χ1) is 16.5. The molecule has 0 radical (unpaired) electrons. The van der Waals surface area contributed by atoms with E-state index in [1.54, 1.807) is 48.5 Å². The maximum atomic E-state index is 13.6. The van der Waals surface area contributed by atoms with E-state index in [1.165, 1.54) is 29.3 Å². The number of imide groups is 1. The van der Waals surface area contributed by atoms with E-state index in [9.17, 15) is 18.8 Å². The Kier molecular flexibility index (Phi) is 5.46. The Balaban J connectivity index is 1.59. The van der Waals surface area contributed by atoms with E-state index < -0.39 is 48.3 Å². The average Bonchev–Trinajstić information content (AvgIpc) is 3.35. The van der Waals surface area contributed by atoms with E-state index in [0.29, 0.717) is 11.3 Å². The van der Waals surface area contributed by atoms with Gasteiger partial charge in [0.25, 0.3) is 5.91 Å². The molecule has 2 aliphatic heterocycles. The summed E-state index contributed by atoms with van der Waals surface area (Å²) in [4.78, 5) is 45.0. The Bertz CT molecular complexity index is 1250. The van der Waals surface area contributed by atoms with Gasteiger partial charge in [-0.3, -0.25) is 14.4 Å². The van der Waals surface area contributed by atoms with Crippen molar-refractivity contribution in [3.05, 3.63) is 90.2 Å². The van der Waals surface area contributed by atoms with Crippen LogP contribution in [0.25, 0.3) is 0 Å². The average molecular weight is 462 g/mol. The van der Waals surface area contributed by atoms with Crippen molar-refractivity contribution in [3.8, 4) is 5.75 Å². The van der Waals surface area contributed by atoms with E-state index >= 15 is 0 Å². The summed E-state index contributed by atoms with van der Waals surface area (Å²) in [7, 11) is 0. The van der Waals surface area contributed by atoms with Crippen LogP contribution in [0.5, 0.6) is 5.75 Å². The Morgan fingerprint density at radius 2 is 1.59 bits per heavy atom. The van der Waals surface area contributed by atoms with Crippen LogP contribution in [0.4, 0.5) is 15.8 Å². The van der Waals surface area contributed by atoms with Gasteiger partial charge in [-0.25, -0.2) is 19.1 Å². The molecular weight excluding hydrogens is 443 g/mol. The number of carbonyl (C=O) groups is 3. The molecule has 8 nitrogen and oxygen atoms in total. The zero-order valence-corrected chi connectivity index (χ0v) is 17.7. The highest BCUT2D eigenvalue weighted by Gasteiger charge is 2.60. The number of fused-ring (bicyclic) bond motifs is 1. The van der Waals surface area contributed by atoms with Crippen LogP contribution < -0.4 is 14.7 Å². The largest absolute Gasteiger partial charge is 0.482 e. The molecule has 2 saturated heterocycles. The second-order valence-corrected chi connectivity index (χ2v) is 7.87. The van der Waals surface area contributed by atoms with Gasteiger partial charge in [0, 0.05) is 5.56 Å². The summed E-state index contributed by atoms with van der Waals surface area (Å²) in [6.45, 7) is -0.571. The summed E-state index contributed by atoms with van der Waals surface area (Å²) in [5.74, 6) is -3.37. The molecule has 2 aliphatic rings. The number of hydrogen-bond donors (Lipinski definition) is 1. The molecule has 0 spiro atoms. The second-order valence-electron chi connectivity index (χ2n) is 7.87. The van der Waals surface area contributed by atoms with Gasteiger partial charge in [-0.05, 0) is 42.5 Å². The molecule has 34 heavy (non-hydrogen) atoms. The number of aliphatic carboxylic acids is 1. The van der Waals surface area contributed by atoms with Gasteiger partial charge < -0.3 is 9.84 Å². The molecule has 0 bridgehead atoms. The number of hydrogen-bond acceptors (Lipinski definition) is 6. The van der Waals surface area contributed by atoms with Crippen molar-refractivity contribution < 1.29 is 33.5 Å². The molecule has 0 aromatic heterocycles. The molecule has 172 valence electrons. The summed E-state index contributed by atoms with van der Waals surface area (Å²) in [6, 6.07) is 20.0. The van der Waals surface area contributed by atoms with E-state index in [1.807, 2.05) is 6.07 Å². The van der Waals surface area contributed by atoms with Crippen molar-refractivity contribution in [2.75, 3.05) is 16.6 Å². The van der Waals surface area contributed by atoms with E-state index in [2.05, 4.69) is 0 Å². The van der Waals surface area contributed by atoms with Gasteiger partial charge in [-0.2, -0.15) is 0 Å². The van der Waals surface area contributed by atoms with E-state index in [0.717, 1.165) is 4.90 Å². The summed E-state index contributed by atoms with van der Waals surface area (Å²) >= 11 is 0. The van der Waals surface area contributed by atoms with Crippen molar-refractivity contribution in [2.45, 2.75) is 12.1 Å². The molecule has 9 heteroatoms. The predicted octanol–water partition coefficient (Wildman–Crippen LogP) is 3.34. The van der Waals surface area contributed by atoms with Crippen LogP contribution in [0.3, 0.4) is 0 Å². The van der Waals surface area contributed by atoms with Gasteiger partial charge in [0.05, 0.1) is 17.4 Å². The van der Waals surface area contributed by atoms with Gasteiger partial charge in [0.15, 0.2) is 12.7 Å². The van der Waals surface area contributed by atoms with Crippen LogP contribution in [-0.2, 0) is 19.2 Å². The highest BCUT2D eigenvalue weighted by Crippen LogP contribution is 2.49. The topological polar surface area (TPSA) is 96.4 Å². The number of nitrogens with zero attached hydrogens (tertiary/aromatic N) is 2. The van der Waals surface area contributed by atoms with Crippen LogP contribution in [-0.4, -0.2) is 35.6 Å². The molecule has 0 saturated carbocycles. The first kappa shape index (κ1) is 21.6. The molecule has 3 aromatic rings. The minimum atomic E-state index is -1.15. The molecule has 2 fully saturated rings. The summed E-state index contributed by atoms with van der Waals surface area (Å²) in [6.07, 6.45) is -1.12. The van der Waals surface area contributed by atoms with Crippen molar-refractivity contribution >= 4 is 29.2 Å². The number of hydroxylamine groups is 1. The van der Waals surface area contributed by atoms with Gasteiger partial charge in [-0.15, -0.1) is 0 Å². The monoisotopic (exact) mass is 462 g/mol. The maximum absolute atomic E-state index is 13.6. The highest BCUT2D eigenvalue weighted by atomic mass is 19.1. The van der Waals surface area contributed by atoms with Crippen molar-refractivity contribution in [3.63, 3.8) is 0 Å².